The van der Waals surface area contributed by atoms with E-state index >= 15 is 0 Å². The van der Waals surface area contributed by atoms with E-state index in [1.165, 1.54) is 11.1 Å². The van der Waals surface area contributed by atoms with Crippen molar-refractivity contribution in [3.63, 3.8) is 0 Å². The minimum atomic E-state index is -1.08. The third kappa shape index (κ3) is 5.37. The van der Waals surface area contributed by atoms with Crippen LogP contribution in [0.4, 0.5) is 4.79 Å². The van der Waals surface area contributed by atoms with Gasteiger partial charge in [0.1, 0.15) is 13.2 Å². The van der Waals surface area contributed by atoms with Gasteiger partial charge in [0.25, 0.3) is 0 Å². The quantitative estimate of drug-likeness (QED) is 0.589. The molecule has 30 heavy (non-hydrogen) atoms. The molecule has 0 saturated carbocycles. The second-order valence-electron chi connectivity index (χ2n) is 7.52. The molecule has 1 aliphatic rings. The van der Waals surface area contributed by atoms with Gasteiger partial charge in [0.05, 0.1) is 0 Å². The number of rotatable bonds is 9. The predicted octanol–water partition coefficient (Wildman–Crippen LogP) is 3.14. The molecule has 0 fully saturated rings. The van der Waals surface area contributed by atoms with Crippen molar-refractivity contribution in [2.75, 3.05) is 19.7 Å². The predicted molar refractivity (Wildman–Crippen MR) is 112 cm³/mol. The first-order chi connectivity index (χ1) is 14.5. The summed E-state index contributed by atoms with van der Waals surface area (Å²) in [5.74, 6) is -1.37. The van der Waals surface area contributed by atoms with Crippen LogP contribution in [0.5, 0.6) is 0 Å². The molecule has 3 rings (SSSR count). The van der Waals surface area contributed by atoms with E-state index in [0.29, 0.717) is 13.0 Å². The Morgan fingerprint density at radius 2 is 1.60 bits per heavy atom. The number of carbonyl (C=O) groups excluding carboxylic acids is 2. The summed E-state index contributed by atoms with van der Waals surface area (Å²) in [4.78, 5) is 34.2. The minimum Gasteiger partial charge on any atom is -0.480 e. The SMILES string of the molecule is CC(CCNC(=O)OCC1c2ccccc2-c2ccccc21)CC(=O)NCC(=O)O. The normalized spacial score (nSPS) is 13.1. The van der Waals surface area contributed by atoms with Crippen LogP contribution < -0.4 is 10.6 Å². The molecule has 1 atom stereocenters. The smallest absolute Gasteiger partial charge is 0.407 e. The van der Waals surface area contributed by atoms with Gasteiger partial charge in [0.15, 0.2) is 0 Å². The third-order valence-corrected chi connectivity index (χ3v) is 5.22. The average molecular weight is 410 g/mol. The Bertz CT molecular complexity index is 882. The number of fused-ring (bicyclic) bond motifs is 3. The Hall–Kier alpha value is -3.35. The molecule has 0 aromatic heterocycles. The molecule has 1 aliphatic carbocycles. The van der Waals surface area contributed by atoms with E-state index in [1.807, 2.05) is 31.2 Å². The van der Waals surface area contributed by atoms with Crippen LogP contribution in [0.25, 0.3) is 11.1 Å². The zero-order valence-corrected chi connectivity index (χ0v) is 16.9. The van der Waals surface area contributed by atoms with Crippen molar-refractivity contribution in [1.82, 2.24) is 10.6 Å². The molecule has 0 aliphatic heterocycles. The number of amides is 2. The van der Waals surface area contributed by atoms with Gasteiger partial charge in [-0.2, -0.15) is 0 Å². The van der Waals surface area contributed by atoms with E-state index < -0.39 is 12.1 Å². The van der Waals surface area contributed by atoms with Gasteiger partial charge in [-0.05, 0) is 34.6 Å². The molecule has 0 bridgehead atoms. The highest BCUT2D eigenvalue weighted by Crippen LogP contribution is 2.44. The number of ether oxygens (including phenoxy) is 1. The lowest BCUT2D eigenvalue weighted by molar-refractivity contribution is -0.138. The van der Waals surface area contributed by atoms with Crippen LogP contribution in [0.2, 0.25) is 0 Å². The van der Waals surface area contributed by atoms with Gasteiger partial charge in [0.2, 0.25) is 5.91 Å². The maximum absolute atomic E-state index is 12.1. The van der Waals surface area contributed by atoms with Crippen molar-refractivity contribution >= 4 is 18.0 Å². The zero-order valence-electron chi connectivity index (χ0n) is 16.9. The molecule has 0 heterocycles. The fraction of sp³-hybridized carbons (Fsp3) is 0.348. The van der Waals surface area contributed by atoms with Gasteiger partial charge >= 0.3 is 12.1 Å². The molecule has 7 heteroatoms. The van der Waals surface area contributed by atoms with Gasteiger partial charge < -0.3 is 20.5 Å². The summed E-state index contributed by atoms with van der Waals surface area (Å²) in [5, 5.41) is 13.6. The van der Waals surface area contributed by atoms with Crippen LogP contribution in [-0.2, 0) is 14.3 Å². The standard InChI is InChI=1S/C23H26N2O5/c1-15(12-21(26)25-13-22(27)28)10-11-24-23(29)30-14-20-18-8-4-2-6-16(18)17-7-3-5-9-19(17)20/h2-9,15,20H,10-14H2,1H3,(H,24,29)(H,25,26)(H,27,28). The topological polar surface area (TPSA) is 105 Å². The van der Waals surface area contributed by atoms with Crippen LogP contribution in [0, 0.1) is 5.92 Å². The van der Waals surface area contributed by atoms with Crippen molar-refractivity contribution in [2.45, 2.75) is 25.7 Å². The number of carbonyl (C=O) groups is 3. The van der Waals surface area contributed by atoms with Crippen LogP contribution in [0.15, 0.2) is 48.5 Å². The molecule has 0 spiro atoms. The van der Waals surface area contributed by atoms with E-state index in [9.17, 15) is 14.4 Å². The van der Waals surface area contributed by atoms with Crippen molar-refractivity contribution in [3.8, 4) is 11.1 Å². The van der Waals surface area contributed by atoms with E-state index in [-0.39, 0.29) is 37.3 Å². The van der Waals surface area contributed by atoms with Crippen LogP contribution >= 0.6 is 0 Å². The summed E-state index contributed by atoms with van der Waals surface area (Å²) in [6, 6.07) is 16.3. The second kappa shape index (κ2) is 9.91. The van der Waals surface area contributed by atoms with Gasteiger partial charge in [-0.15, -0.1) is 0 Å². The lowest BCUT2D eigenvalue weighted by Crippen LogP contribution is -2.31. The summed E-state index contributed by atoms with van der Waals surface area (Å²) in [7, 11) is 0. The van der Waals surface area contributed by atoms with Gasteiger partial charge in [0, 0.05) is 18.9 Å². The van der Waals surface area contributed by atoms with Crippen molar-refractivity contribution in [2.24, 2.45) is 5.92 Å². The fourth-order valence-corrected chi connectivity index (χ4v) is 3.73. The van der Waals surface area contributed by atoms with Gasteiger partial charge in [-0.1, -0.05) is 55.5 Å². The summed E-state index contributed by atoms with van der Waals surface area (Å²) < 4.78 is 5.47. The Labute approximate surface area is 175 Å². The highest BCUT2D eigenvalue weighted by Gasteiger charge is 2.28. The molecule has 2 aromatic rings. The number of carboxylic acid groups (broad SMARTS) is 1. The first-order valence-electron chi connectivity index (χ1n) is 10.0. The summed E-state index contributed by atoms with van der Waals surface area (Å²) >= 11 is 0. The molecule has 158 valence electrons. The third-order valence-electron chi connectivity index (χ3n) is 5.22. The first kappa shape index (κ1) is 21.4. The molecular weight excluding hydrogens is 384 g/mol. The maximum atomic E-state index is 12.1. The first-order valence-corrected chi connectivity index (χ1v) is 10.0. The number of hydrogen-bond acceptors (Lipinski definition) is 4. The number of hydrogen-bond donors (Lipinski definition) is 3. The minimum absolute atomic E-state index is 0.00711. The lowest BCUT2D eigenvalue weighted by Gasteiger charge is -2.15. The van der Waals surface area contributed by atoms with Gasteiger partial charge in [-0.25, -0.2) is 4.79 Å². The molecular formula is C23H26N2O5. The van der Waals surface area contributed by atoms with Gasteiger partial charge in [-0.3, -0.25) is 9.59 Å². The van der Waals surface area contributed by atoms with Crippen molar-refractivity contribution < 1.29 is 24.2 Å². The number of alkyl carbamates (subject to hydrolysis) is 1. The Morgan fingerprint density at radius 1 is 1.00 bits per heavy atom. The van der Waals surface area contributed by atoms with Crippen molar-refractivity contribution in [3.05, 3.63) is 59.7 Å². The van der Waals surface area contributed by atoms with E-state index in [2.05, 4.69) is 34.9 Å². The number of aliphatic carboxylic acids is 1. The van der Waals surface area contributed by atoms with Crippen LogP contribution in [0.1, 0.15) is 36.8 Å². The summed E-state index contributed by atoms with van der Waals surface area (Å²) in [6.07, 6.45) is 0.309. The largest absolute Gasteiger partial charge is 0.480 e. The zero-order chi connectivity index (χ0) is 21.5. The molecule has 0 radical (unpaired) electrons. The highest BCUT2D eigenvalue weighted by atomic mass is 16.5. The maximum Gasteiger partial charge on any atom is 0.407 e. The number of carboxylic acids is 1. The van der Waals surface area contributed by atoms with Crippen LogP contribution in [-0.4, -0.2) is 42.8 Å². The summed E-state index contributed by atoms with van der Waals surface area (Å²) in [5.41, 5.74) is 4.68. The monoisotopic (exact) mass is 410 g/mol. The molecule has 1 unspecified atom stereocenters. The Balaban J connectivity index is 1.43. The molecule has 7 nitrogen and oxygen atoms in total. The molecule has 0 saturated heterocycles. The highest BCUT2D eigenvalue weighted by molar-refractivity contribution is 5.81. The molecule has 2 amide bonds. The lowest BCUT2D eigenvalue weighted by atomic mass is 9.98. The number of nitrogens with one attached hydrogen (secondary N) is 2. The molecule has 2 aromatic carbocycles. The second-order valence-corrected chi connectivity index (χ2v) is 7.52. The fourth-order valence-electron chi connectivity index (χ4n) is 3.73. The van der Waals surface area contributed by atoms with Crippen molar-refractivity contribution in [1.29, 1.82) is 0 Å². The number of benzene rings is 2. The molecule has 3 N–H and O–H groups in total. The van der Waals surface area contributed by atoms with E-state index in [0.717, 1.165) is 11.1 Å². The van der Waals surface area contributed by atoms with E-state index in [4.69, 9.17) is 9.84 Å². The summed E-state index contributed by atoms with van der Waals surface area (Å²) in [6.45, 7) is 2.13. The average Bonchev–Trinajstić information content (AvgIpc) is 3.04. The Morgan fingerprint density at radius 3 is 2.20 bits per heavy atom. The van der Waals surface area contributed by atoms with Crippen LogP contribution in [0.3, 0.4) is 0 Å². The van der Waals surface area contributed by atoms with E-state index in [1.54, 1.807) is 0 Å². The Kier molecular flexibility index (Phi) is 7.06.